The number of nitriles is 1. The minimum atomic E-state index is 0.475. The standard InChI is InChI=1S/C17H28N2/c1-6-7-8-11-19(13-15(2)3)14-17(5)10-9-16(4)12-18/h9-10,15H,4-8,11,13-14H2,1-3H3/b10-9-. The first-order valence-corrected chi connectivity index (χ1v) is 7.16. The number of hydrogen-bond donors (Lipinski definition) is 0. The van der Waals surface area contributed by atoms with Crippen molar-refractivity contribution in [2.24, 2.45) is 5.92 Å². The van der Waals surface area contributed by atoms with Crippen molar-refractivity contribution in [2.75, 3.05) is 19.6 Å². The molecule has 0 bridgehead atoms. The predicted octanol–water partition coefficient (Wildman–Crippen LogP) is 4.33. The molecule has 0 radical (unpaired) electrons. The van der Waals surface area contributed by atoms with Crippen LogP contribution in [0.3, 0.4) is 0 Å². The van der Waals surface area contributed by atoms with Crippen molar-refractivity contribution in [3.63, 3.8) is 0 Å². The summed E-state index contributed by atoms with van der Waals surface area (Å²) in [5.74, 6) is 0.660. The molecule has 19 heavy (non-hydrogen) atoms. The highest BCUT2D eigenvalue weighted by Gasteiger charge is 2.07. The van der Waals surface area contributed by atoms with Crippen molar-refractivity contribution in [3.05, 3.63) is 36.5 Å². The molecule has 2 nitrogen and oxygen atoms in total. The van der Waals surface area contributed by atoms with Crippen LogP contribution in [0.4, 0.5) is 0 Å². The van der Waals surface area contributed by atoms with Gasteiger partial charge in [0.2, 0.25) is 0 Å². The van der Waals surface area contributed by atoms with E-state index in [9.17, 15) is 0 Å². The summed E-state index contributed by atoms with van der Waals surface area (Å²) in [6.07, 6.45) is 7.41. The Labute approximate surface area is 119 Å². The smallest absolute Gasteiger partial charge is 0.0985 e. The lowest BCUT2D eigenvalue weighted by molar-refractivity contribution is 0.259. The van der Waals surface area contributed by atoms with Crippen LogP contribution < -0.4 is 0 Å². The van der Waals surface area contributed by atoms with Gasteiger partial charge in [-0.2, -0.15) is 5.26 Å². The van der Waals surface area contributed by atoms with Gasteiger partial charge in [0.15, 0.2) is 0 Å². The van der Waals surface area contributed by atoms with Gasteiger partial charge in [0.1, 0.15) is 0 Å². The summed E-state index contributed by atoms with van der Waals surface area (Å²) in [6.45, 7) is 17.5. The molecule has 0 atom stereocenters. The van der Waals surface area contributed by atoms with E-state index in [0.717, 1.165) is 25.2 Å². The fourth-order valence-corrected chi connectivity index (χ4v) is 1.93. The van der Waals surface area contributed by atoms with Crippen LogP contribution in [0.1, 0.15) is 40.0 Å². The molecule has 0 saturated heterocycles. The fraction of sp³-hybridized carbons (Fsp3) is 0.588. The average molecular weight is 260 g/mol. The van der Waals surface area contributed by atoms with Crippen molar-refractivity contribution in [1.82, 2.24) is 4.90 Å². The van der Waals surface area contributed by atoms with Crippen LogP contribution in [0.25, 0.3) is 0 Å². The average Bonchev–Trinajstić information content (AvgIpc) is 2.35. The molecule has 0 aliphatic carbocycles. The maximum absolute atomic E-state index is 8.65. The lowest BCUT2D eigenvalue weighted by Gasteiger charge is -2.24. The van der Waals surface area contributed by atoms with E-state index in [1.54, 1.807) is 6.08 Å². The van der Waals surface area contributed by atoms with Crippen LogP contribution in [-0.2, 0) is 0 Å². The molecular formula is C17H28N2. The van der Waals surface area contributed by atoms with Crippen LogP contribution in [-0.4, -0.2) is 24.5 Å². The van der Waals surface area contributed by atoms with E-state index in [0.29, 0.717) is 11.5 Å². The summed E-state index contributed by atoms with van der Waals surface area (Å²) in [6, 6.07) is 2.01. The highest BCUT2D eigenvalue weighted by Crippen LogP contribution is 2.07. The molecule has 0 unspecified atom stereocenters. The van der Waals surface area contributed by atoms with Crippen LogP contribution in [0, 0.1) is 17.2 Å². The predicted molar refractivity (Wildman–Crippen MR) is 83.8 cm³/mol. The molecule has 0 aliphatic rings. The first-order valence-electron chi connectivity index (χ1n) is 7.16. The SMILES string of the molecule is C=C(C#N)/C=C\C(=C)CN(CCCCC)CC(C)C. The minimum absolute atomic E-state index is 0.475. The Kier molecular flexibility index (Phi) is 9.84. The Morgan fingerprint density at radius 3 is 2.47 bits per heavy atom. The molecule has 0 aliphatic heterocycles. The second-order valence-corrected chi connectivity index (χ2v) is 5.46. The number of unbranched alkanes of at least 4 members (excludes halogenated alkanes) is 2. The van der Waals surface area contributed by atoms with Crippen molar-refractivity contribution in [3.8, 4) is 6.07 Å². The van der Waals surface area contributed by atoms with Gasteiger partial charge in [-0.3, -0.25) is 4.90 Å². The van der Waals surface area contributed by atoms with Crippen LogP contribution >= 0.6 is 0 Å². The van der Waals surface area contributed by atoms with Crippen LogP contribution in [0.15, 0.2) is 36.5 Å². The highest BCUT2D eigenvalue weighted by molar-refractivity contribution is 5.33. The van der Waals surface area contributed by atoms with Gasteiger partial charge in [0, 0.05) is 18.7 Å². The Morgan fingerprint density at radius 2 is 1.95 bits per heavy atom. The van der Waals surface area contributed by atoms with Crippen LogP contribution in [0.5, 0.6) is 0 Å². The van der Waals surface area contributed by atoms with E-state index in [1.807, 2.05) is 12.1 Å². The molecule has 0 aromatic rings. The lowest BCUT2D eigenvalue weighted by atomic mass is 10.1. The summed E-state index contributed by atoms with van der Waals surface area (Å²) >= 11 is 0. The number of rotatable bonds is 10. The zero-order chi connectivity index (χ0) is 14.7. The van der Waals surface area contributed by atoms with E-state index >= 15 is 0 Å². The molecule has 0 rings (SSSR count). The maximum Gasteiger partial charge on any atom is 0.0985 e. The summed E-state index contributed by atoms with van der Waals surface area (Å²) in [4.78, 5) is 2.45. The van der Waals surface area contributed by atoms with Gasteiger partial charge in [-0.1, -0.05) is 52.8 Å². The van der Waals surface area contributed by atoms with Gasteiger partial charge in [-0.15, -0.1) is 0 Å². The third-order valence-electron chi connectivity index (χ3n) is 2.79. The summed E-state index contributed by atoms with van der Waals surface area (Å²) in [5.41, 5.74) is 1.51. The summed E-state index contributed by atoms with van der Waals surface area (Å²) in [5, 5.41) is 8.65. The summed E-state index contributed by atoms with van der Waals surface area (Å²) in [7, 11) is 0. The van der Waals surface area contributed by atoms with E-state index in [4.69, 9.17) is 5.26 Å². The molecule has 0 saturated carbocycles. The molecular weight excluding hydrogens is 232 g/mol. The van der Waals surface area contributed by atoms with Gasteiger partial charge in [0.05, 0.1) is 6.07 Å². The second kappa shape index (κ2) is 10.6. The topological polar surface area (TPSA) is 27.0 Å². The molecule has 0 amide bonds. The Hall–Kier alpha value is -1.33. The largest absolute Gasteiger partial charge is 0.299 e. The second-order valence-electron chi connectivity index (χ2n) is 5.46. The van der Waals surface area contributed by atoms with Gasteiger partial charge in [-0.05, 0) is 30.5 Å². The van der Waals surface area contributed by atoms with Gasteiger partial charge in [-0.25, -0.2) is 0 Å². The number of allylic oxidation sites excluding steroid dienone is 2. The van der Waals surface area contributed by atoms with E-state index in [2.05, 4.69) is 38.8 Å². The van der Waals surface area contributed by atoms with Crippen molar-refractivity contribution < 1.29 is 0 Å². The third kappa shape index (κ3) is 10.3. The van der Waals surface area contributed by atoms with Crippen LogP contribution in [0.2, 0.25) is 0 Å². The number of hydrogen-bond acceptors (Lipinski definition) is 2. The molecule has 106 valence electrons. The quantitative estimate of drug-likeness (QED) is 0.332. The van der Waals surface area contributed by atoms with Gasteiger partial charge >= 0.3 is 0 Å². The maximum atomic E-state index is 8.65. The third-order valence-corrected chi connectivity index (χ3v) is 2.79. The Bertz CT molecular complexity index is 345. The zero-order valence-corrected chi connectivity index (χ0v) is 12.8. The van der Waals surface area contributed by atoms with Crippen molar-refractivity contribution in [1.29, 1.82) is 5.26 Å². The zero-order valence-electron chi connectivity index (χ0n) is 12.8. The van der Waals surface area contributed by atoms with Gasteiger partial charge in [0.25, 0.3) is 0 Å². The molecule has 2 heteroatoms. The van der Waals surface area contributed by atoms with E-state index in [1.165, 1.54) is 19.3 Å². The molecule has 0 N–H and O–H groups in total. The first-order chi connectivity index (χ1) is 8.99. The fourth-order valence-electron chi connectivity index (χ4n) is 1.93. The molecule has 0 heterocycles. The summed E-state index contributed by atoms with van der Waals surface area (Å²) < 4.78 is 0. The van der Waals surface area contributed by atoms with E-state index in [-0.39, 0.29) is 0 Å². The Balaban J connectivity index is 4.29. The van der Waals surface area contributed by atoms with E-state index < -0.39 is 0 Å². The highest BCUT2D eigenvalue weighted by atomic mass is 15.1. The molecule has 0 fully saturated rings. The van der Waals surface area contributed by atoms with Crippen molar-refractivity contribution in [2.45, 2.75) is 40.0 Å². The molecule has 0 aromatic heterocycles. The first kappa shape index (κ1) is 17.7. The number of nitrogens with zero attached hydrogens (tertiary/aromatic N) is 2. The van der Waals surface area contributed by atoms with Gasteiger partial charge < -0.3 is 0 Å². The normalized spacial score (nSPS) is 11.2. The molecule has 0 aromatic carbocycles. The minimum Gasteiger partial charge on any atom is -0.299 e. The Morgan fingerprint density at radius 1 is 1.26 bits per heavy atom. The monoisotopic (exact) mass is 260 g/mol. The van der Waals surface area contributed by atoms with Crippen molar-refractivity contribution >= 4 is 0 Å². The lowest BCUT2D eigenvalue weighted by Crippen LogP contribution is -2.30. The molecule has 0 spiro atoms.